The Morgan fingerprint density at radius 3 is 1.96 bits per heavy atom. The molecule has 2 N–H and O–H groups in total. The highest BCUT2D eigenvalue weighted by Crippen LogP contribution is 2.43. The van der Waals surface area contributed by atoms with Crippen LogP contribution in [0.15, 0.2) is 181 Å². The van der Waals surface area contributed by atoms with E-state index in [9.17, 15) is 0 Å². The molecule has 4 heterocycles. The van der Waals surface area contributed by atoms with Crippen molar-refractivity contribution < 1.29 is 0 Å². The van der Waals surface area contributed by atoms with E-state index in [1.165, 1.54) is 84.5 Å². The Hall–Kier alpha value is -6.31. The van der Waals surface area contributed by atoms with Gasteiger partial charge in [0, 0.05) is 62.6 Å². The van der Waals surface area contributed by atoms with E-state index >= 15 is 0 Å². The van der Waals surface area contributed by atoms with Crippen LogP contribution in [0.25, 0.3) is 79.0 Å². The number of aliphatic imine (C=N–C) groups is 1. The van der Waals surface area contributed by atoms with E-state index in [4.69, 9.17) is 4.99 Å². The first-order chi connectivity index (χ1) is 28.2. The number of thiophene rings is 2. The third-order valence-electron chi connectivity index (χ3n) is 11.8. The Kier molecular flexibility index (Phi) is 7.58. The van der Waals surface area contributed by atoms with Crippen molar-refractivity contribution in [3.8, 4) is 16.8 Å². The third-order valence-corrected chi connectivity index (χ3v) is 14.1. The van der Waals surface area contributed by atoms with Gasteiger partial charge in [-0.1, -0.05) is 115 Å². The van der Waals surface area contributed by atoms with Gasteiger partial charge in [-0.05, 0) is 83.8 Å². The van der Waals surface area contributed by atoms with Crippen molar-refractivity contribution in [1.29, 1.82) is 0 Å². The number of benzene rings is 7. The van der Waals surface area contributed by atoms with Crippen LogP contribution in [0.1, 0.15) is 23.7 Å². The number of nitrogens with one attached hydrogen (secondary N) is 2. The van der Waals surface area contributed by atoms with Gasteiger partial charge in [-0.2, -0.15) is 0 Å². The van der Waals surface area contributed by atoms with Crippen LogP contribution in [0, 0.1) is 5.92 Å². The molecule has 10 aromatic rings. The lowest BCUT2D eigenvalue weighted by Crippen LogP contribution is -2.54. The molecule has 12 rings (SSSR count). The van der Waals surface area contributed by atoms with Crippen molar-refractivity contribution in [1.82, 2.24) is 15.2 Å². The molecule has 0 radical (unpaired) electrons. The first-order valence-corrected chi connectivity index (χ1v) is 21.3. The van der Waals surface area contributed by atoms with Crippen molar-refractivity contribution in [2.45, 2.75) is 18.8 Å². The molecule has 1 aliphatic carbocycles. The highest BCUT2D eigenvalue weighted by atomic mass is 32.1. The maximum atomic E-state index is 5.27. The number of nitrogens with zero attached hydrogens (tertiary/aromatic N) is 2. The number of amidine groups is 1. The summed E-state index contributed by atoms with van der Waals surface area (Å²) < 4.78 is 7.65. The minimum absolute atomic E-state index is 0.0593. The molecule has 4 nitrogen and oxygen atoms in total. The number of aromatic nitrogens is 1. The molecule has 7 aromatic carbocycles. The van der Waals surface area contributed by atoms with Gasteiger partial charge in [0.1, 0.15) is 12.0 Å². The molecular formula is C51H36N4S2. The molecule has 0 saturated heterocycles. The first kappa shape index (κ1) is 32.9. The second-order valence-corrected chi connectivity index (χ2v) is 17.3. The molecule has 3 unspecified atom stereocenters. The summed E-state index contributed by atoms with van der Waals surface area (Å²) in [6.45, 7) is 0. The SMILES string of the molecule is C1=CCC(C2NC(c3ccccc3)=NC(c3ccc4sc5ccc(-c6ccc7sc8cccc(-n9c%10ccccc%10c%10ccccc%109)c8c7c6)cc5c4c3)N2)C=C1. The van der Waals surface area contributed by atoms with Gasteiger partial charge in [0.2, 0.25) is 0 Å². The van der Waals surface area contributed by atoms with E-state index < -0.39 is 0 Å². The molecule has 6 heteroatoms. The van der Waals surface area contributed by atoms with Gasteiger partial charge in [0.05, 0.1) is 22.9 Å². The summed E-state index contributed by atoms with van der Waals surface area (Å²) in [6, 6.07) is 55.8. The zero-order valence-corrected chi connectivity index (χ0v) is 32.5. The minimum Gasteiger partial charge on any atom is -0.354 e. The Bertz CT molecular complexity index is 3250. The van der Waals surface area contributed by atoms with E-state index in [0.29, 0.717) is 5.92 Å². The molecule has 0 amide bonds. The third kappa shape index (κ3) is 5.40. The summed E-state index contributed by atoms with van der Waals surface area (Å²) in [7, 11) is 0. The molecule has 0 bridgehead atoms. The fourth-order valence-electron chi connectivity index (χ4n) is 9.07. The number of allylic oxidation sites excluding steroid dienone is 3. The molecule has 272 valence electrons. The Labute approximate surface area is 337 Å². The standard InChI is InChI=1S/C51H36N4S2/c1-3-12-31(13-4-1)49-52-50(32-14-5-2-6-15-32)54-51(53-49)35-24-27-45-39(30-35)38-28-33(22-25-44(38)56-45)34-23-26-46-40(29-34)48-43(20-11-21-47(48)57-46)55-41-18-9-7-16-36(41)37-17-8-10-19-42(37)55/h1-14,16-30,32,50-51,54H,15H2,(H,52,53). The van der Waals surface area contributed by atoms with Gasteiger partial charge in [-0.25, -0.2) is 4.99 Å². The Balaban J connectivity index is 0.971. The van der Waals surface area contributed by atoms with Crippen molar-refractivity contribution in [2.75, 3.05) is 0 Å². The summed E-state index contributed by atoms with van der Waals surface area (Å²) in [4.78, 5) is 5.27. The average Bonchev–Trinajstić information content (AvgIpc) is 3.95. The maximum Gasteiger partial charge on any atom is 0.131 e. The van der Waals surface area contributed by atoms with E-state index in [2.05, 4.69) is 191 Å². The highest BCUT2D eigenvalue weighted by Gasteiger charge is 2.29. The van der Waals surface area contributed by atoms with E-state index in [1.807, 2.05) is 22.7 Å². The van der Waals surface area contributed by atoms with Crippen LogP contribution < -0.4 is 10.6 Å². The fourth-order valence-corrected chi connectivity index (χ4v) is 11.2. The lowest BCUT2D eigenvalue weighted by molar-refractivity contribution is 0.328. The summed E-state index contributed by atoms with van der Waals surface area (Å²) in [5, 5.41) is 15.3. The summed E-state index contributed by atoms with van der Waals surface area (Å²) in [5.41, 5.74) is 8.42. The average molecular weight is 769 g/mol. The van der Waals surface area contributed by atoms with Gasteiger partial charge in [0.15, 0.2) is 0 Å². The minimum atomic E-state index is -0.175. The van der Waals surface area contributed by atoms with Gasteiger partial charge < -0.3 is 9.88 Å². The zero-order valence-electron chi connectivity index (χ0n) is 30.9. The van der Waals surface area contributed by atoms with E-state index in [-0.39, 0.29) is 12.3 Å². The molecule has 3 aromatic heterocycles. The normalized spacial score (nSPS) is 18.3. The molecule has 0 spiro atoms. The highest BCUT2D eigenvalue weighted by molar-refractivity contribution is 7.26. The summed E-state index contributed by atoms with van der Waals surface area (Å²) >= 11 is 3.74. The number of para-hydroxylation sites is 2. The predicted molar refractivity (Wildman–Crippen MR) is 244 cm³/mol. The molecule has 1 aliphatic heterocycles. The van der Waals surface area contributed by atoms with Gasteiger partial charge in [-0.3, -0.25) is 5.32 Å². The van der Waals surface area contributed by atoms with Crippen molar-refractivity contribution in [2.24, 2.45) is 10.9 Å². The number of hydrogen-bond donors (Lipinski definition) is 2. The van der Waals surface area contributed by atoms with Crippen LogP contribution >= 0.6 is 22.7 Å². The van der Waals surface area contributed by atoms with E-state index in [0.717, 1.165) is 17.8 Å². The van der Waals surface area contributed by atoms with Crippen molar-refractivity contribution in [3.63, 3.8) is 0 Å². The summed E-state index contributed by atoms with van der Waals surface area (Å²) in [6.07, 6.45) is 9.72. The lowest BCUT2D eigenvalue weighted by atomic mass is 9.95. The Morgan fingerprint density at radius 1 is 0.544 bits per heavy atom. The molecule has 2 aliphatic rings. The number of rotatable bonds is 5. The smallest absolute Gasteiger partial charge is 0.131 e. The molecule has 57 heavy (non-hydrogen) atoms. The van der Waals surface area contributed by atoms with Crippen LogP contribution in [-0.2, 0) is 0 Å². The summed E-state index contributed by atoms with van der Waals surface area (Å²) in [5.74, 6) is 1.26. The topological polar surface area (TPSA) is 41.4 Å². The van der Waals surface area contributed by atoms with Crippen LogP contribution in [-0.4, -0.2) is 16.6 Å². The van der Waals surface area contributed by atoms with Gasteiger partial charge in [0.25, 0.3) is 0 Å². The maximum absolute atomic E-state index is 5.27. The van der Waals surface area contributed by atoms with Crippen LogP contribution in [0.2, 0.25) is 0 Å². The quantitative estimate of drug-likeness (QED) is 0.183. The molecule has 0 fully saturated rings. The molecule has 0 saturated carbocycles. The van der Waals surface area contributed by atoms with Crippen LogP contribution in [0.5, 0.6) is 0 Å². The van der Waals surface area contributed by atoms with Crippen molar-refractivity contribution in [3.05, 3.63) is 187 Å². The first-order valence-electron chi connectivity index (χ1n) is 19.6. The second-order valence-electron chi connectivity index (χ2n) is 15.1. The largest absolute Gasteiger partial charge is 0.354 e. The van der Waals surface area contributed by atoms with Gasteiger partial charge in [-0.15, -0.1) is 22.7 Å². The number of hydrogen-bond acceptors (Lipinski definition) is 5. The predicted octanol–water partition coefficient (Wildman–Crippen LogP) is 13.3. The van der Waals surface area contributed by atoms with Crippen LogP contribution in [0.3, 0.4) is 0 Å². The molecule has 3 atom stereocenters. The molecular weight excluding hydrogens is 733 g/mol. The van der Waals surface area contributed by atoms with Crippen LogP contribution in [0.4, 0.5) is 0 Å². The van der Waals surface area contributed by atoms with Gasteiger partial charge >= 0.3 is 0 Å². The fraction of sp³-hybridized carbons (Fsp3) is 0.0784. The number of fused-ring (bicyclic) bond motifs is 9. The Morgan fingerprint density at radius 2 is 1.21 bits per heavy atom. The zero-order chi connectivity index (χ0) is 37.5. The lowest BCUT2D eigenvalue weighted by Gasteiger charge is -2.35. The van der Waals surface area contributed by atoms with E-state index in [1.54, 1.807) is 0 Å². The second kappa shape index (κ2) is 13.1. The monoisotopic (exact) mass is 768 g/mol. The van der Waals surface area contributed by atoms with Crippen molar-refractivity contribution >= 4 is 90.7 Å².